The van der Waals surface area contributed by atoms with Crippen molar-refractivity contribution in [3.63, 3.8) is 0 Å². The first-order chi connectivity index (χ1) is 10.0. The molecule has 0 spiro atoms. The van der Waals surface area contributed by atoms with Crippen LogP contribution in [0.4, 0.5) is 0 Å². The first-order valence-electron chi connectivity index (χ1n) is 7.49. The minimum atomic E-state index is 0.181. The molecule has 0 unspecified atom stereocenters. The van der Waals surface area contributed by atoms with Crippen LogP contribution in [-0.4, -0.2) is 0 Å². The molecule has 2 aromatic carbocycles. The highest BCUT2D eigenvalue weighted by Crippen LogP contribution is 2.34. The third-order valence-electron chi connectivity index (χ3n) is 3.82. The number of ether oxygens (including phenoxy) is 1. The molecule has 2 aromatic rings. The minimum Gasteiger partial charge on any atom is -0.488 e. The Labute approximate surface area is 136 Å². The third kappa shape index (κ3) is 4.34. The van der Waals surface area contributed by atoms with E-state index in [1.54, 1.807) is 0 Å². The summed E-state index contributed by atoms with van der Waals surface area (Å²) >= 11 is 3.58. The van der Waals surface area contributed by atoms with Crippen molar-refractivity contribution in [1.29, 1.82) is 0 Å². The van der Waals surface area contributed by atoms with E-state index in [-0.39, 0.29) is 5.41 Å². The molecular weight excluding hydrogens is 324 g/mol. The van der Waals surface area contributed by atoms with Gasteiger partial charge in [0.2, 0.25) is 0 Å². The second-order valence-electron chi connectivity index (χ2n) is 6.05. The molecule has 1 nitrogen and oxygen atoms in total. The van der Waals surface area contributed by atoms with Gasteiger partial charge in [0.1, 0.15) is 12.4 Å². The van der Waals surface area contributed by atoms with Crippen molar-refractivity contribution in [1.82, 2.24) is 0 Å². The van der Waals surface area contributed by atoms with Gasteiger partial charge in [0.15, 0.2) is 0 Å². The van der Waals surface area contributed by atoms with E-state index in [1.807, 2.05) is 18.2 Å². The zero-order valence-electron chi connectivity index (χ0n) is 13.0. The van der Waals surface area contributed by atoms with Gasteiger partial charge in [0.25, 0.3) is 0 Å². The number of halogens is 1. The Hall–Kier alpha value is -1.28. The van der Waals surface area contributed by atoms with Gasteiger partial charge in [-0.3, -0.25) is 0 Å². The highest BCUT2D eigenvalue weighted by Gasteiger charge is 2.20. The van der Waals surface area contributed by atoms with Crippen molar-refractivity contribution in [2.45, 2.75) is 45.6 Å². The smallest absolute Gasteiger partial charge is 0.134 e. The predicted molar refractivity (Wildman–Crippen MR) is 92.9 cm³/mol. The van der Waals surface area contributed by atoms with Crippen LogP contribution in [0.1, 0.15) is 44.7 Å². The van der Waals surface area contributed by atoms with Crippen LogP contribution in [0.25, 0.3) is 0 Å². The molecule has 112 valence electrons. The average molecular weight is 347 g/mol. The lowest BCUT2D eigenvalue weighted by Crippen LogP contribution is -2.16. The van der Waals surface area contributed by atoms with E-state index in [2.05, 4.69) is 67.0 Å². The quantitative estimate of drug-likeness (QED) is 0.613. The van der Waals surface area contributed by atoms with Crippen molar-refractivity contribution in [2.75, 3.05) is 0 Å². The number of benzene rings is 2. The van der Waals surface area contributed by atoms with Crippen LogP contribution in [0.15, 0.2) is 53.0 Å². The molecule has 0 heterocycles. The summed E-state index contributed by atoms with van der Waals surface area (Å²) in [4.78, 5) is 0. The van der Waals surface area contributed by atoms with Gasteiger partial charge in [-0.25, -0.2) is 0 Å². The van der Waals surface area contributed by atoms with Crippen LogP contribution < -0.4 is 4.74 Å². The molecule has 2 rings (SSSR count). The van der Waals surface area contributed by atoms with E-state index in [4.69, 9.17) is 4.74 Å². The largest absolute Gasteiger partial charge is 0.488 e. The van der Waals surface area contributed by atoms with Crippen LogP contribution in [0, 0.1) is 0 Å². The molecular formula is C19H23BrO. The third-order valence-corrected chi connectivity index (χ3v) is 4.48. The van der Waals surface area contributed by atoms with Gasteiger partial charge >= 0.3 is 0 Å². The highest BCUT2D eigenvalue weighted by molar-refractivity contribution is 9.10. The van der Waals surface area contributed by atoms with E-state index < -0.39 is 0 Å². The summed E-state index contributed by atoms with van der Waals surface area (Å²) in [5, 5.41) is 0. The monoisotopic (exact) mass is 346 g/mol. The van der Waals surface area contributed by atoms with E-state index in [9.17, 15) is 0 Å². The second kappa shape index (κ2) is 7.13. The molecule has 0 saturated carbocycles. The van der Waals surface area contributed by atoms with Crippen molar-refractivity contribution in [2.24, 2.45) is 0 Å². The Morgan fingerprint density at radius 1 is 1.05 bits per heavy atom. The van der Waals surface area contributed by atoms with E-state index >= 15 is 0 Å². The van der Waals surface area contributed by atoms with Gasteiger partial charge in [-0.2, -0.15) is 0 Å². The van der Waals surface area contributed by atoms with Crippen molar-refractivity contribution >= 4 is 15.9 Å². The fourth-order valence-electron chi connectivity index (χ4n) is 2.54. The summed E-state index contributed by atoms with van der Waals surface area (Å²) in [6.45, 7) is 7.41. The van der Waals surface area contributed by atoms with Crippen molar-refractivity contribution in [3.8, 4) is 5.75 Å². The van der Waals surface area contributed by atoms with E-state index in [1.165, 1.54) is 24.0 Å². The molecule has 0 radical (unpaired) electrons. The maximum absolute atomic E-state index is 5.99. The highest BCUT2D eigenvalue weighted by atomic mass is 79.9. The minimum absolute atomic E-state index is 0.181. The average Bonchev–Trinajstić information content (AvgIpc) is 2.47. The van der Waals surface area contributed by atoms with Gasteiger partial charge in [0, 0.05) is 0 Å². The molecule has 0 saturated heterocycles. The van der Waals surface area contributed by atoms with Gasteiger partial charge in [-0.15, -0.1) is 0 Å². The van der Waals surface area contributed by atoms with Crippen LogP contribution in [0.5, 0.6) is 5.75 Å². The van der Waals surface area contributed by atoms with Crippen molar-refractivity contribution < 1.29 is 4.74 Å². The summed E-state index contributed by atoms with van der Waals surface area (Å²) in [6, 6.07) is 16.7. The Balaban J connectivity index is 2.16. The molecule has 2 heteroatoms. The second-order valence-corrected chi connectivity index (χ2v) is 6.91. The first-order valence-corrected chi connectivity index (χ1v) is 8.29. The normalized spacial score (nSPS) is 11.4. The molecule has 0 aliphatic heterocycles. The number of hydrogen-bond donors (Lipinski definition) is 0. The summed E-state index contributed by atoms with van der Waals surface area (Å²) in [5.74, 6) is 0.917. The van der Waals surface area contributed by atoms with Crippen LogP contribution in [-0.2, 0) is 12.0 Å². The van der Waals surface area contributed by atoms with Crippen LogP contribution >= 0.6 is 15.9 Å². The summed E-state index contributed by atoms with van der Waals surface area (Å²) in [7, 11) is 0. The lowest BCUT2D eigenvalue weighted by molar-refractivity contribution is 0.303. The fraction of sp³-hybridized carbons (Fsp3) is 0.368. The summed E-state index contributed by atoms with van der Waals surface area (Å²) < 4.78 is 7.00. The molecule has 0 fully saturated rings. The maximum Gasteiger partial charge on any atom is 0.134 e. The SMILES string of the molecule is CCCC(C)(C)c1ccc(Br)c(OCc2ccccc2)c1. The zero-order valence-corrected chi connectivity index (χ0v) is 14.6. The van der Waals surface area contributed by atoms with Gasteiger partial charge in [-0.05, 0) is 51.0 Å². The molecule has 0 amide bonds. The molecule has 0 bridgehead atoms. The Morgan fingerprint density at radius 2 is 1.76 bits per heavy atom. The Morgan fingerprint density at radius 3 is 2.43 bits per heavy atom. The molecule has 21 heavy (non-hydrogen) atoms. The van der Waals surface area contributed by atoms with Crippen LogP contribution in [0.3, 0.4) is 0 Å². The molecule has 0 aromatic heterocycles. The summed E-state index contributed by atoms with van der Waals surface area (Å²) in [5.41, 5.74) is 2.69. The lowest BCUT2D eigenvalue weighted by Gasteiger charge is -2.25. The van der Waals surface area contributed by atoms with Gasteiger partial charge in [0.05, 0.1) is 4.47 Å². The van der Waals surface area contributed by atoms with E-state index in [0.717, 1.165) is 10.2 Å². The van der Waals surface area contributed by atoms with Gasteiger partial charge in [-0.1, -0.05) is 63.6 Å². The summed E-state index contributed by atoms with van der Waals surface area (Å²) in [6.07, 6.45) is 2.36. The molecule has 0 N–H and O–H groups in total. The number of hydrogen-bond acceptors (Lipinski definition) is 1. The van der Waals surface area contributed by atoms with Crippen molar-refractivity contribution in [3.05, 3.63) is 64.1 Å². The maximum atomic E-state index is 5.99. The lowest BCUT2D eigenvalue weighted by atomic mass is 9.81. The Bertz CT molecular complexity index is 575. The van der Waals surface area contributed by atoms with E-state index in [0.29, 0.717) is 6.61 Å². The topological polar surface area (TPSA) is 9.23 Å². The molecule has 0 aliphatic carbocycles. The van der Waals surface area contributed by atoms with Gasteiger partial charge < -0.3 is 4.74 Å². The molecule has 0 atom stereocenters. The Kier molecular flexibility index (Phi) is 5.46. The fourth-order valence-corrected chi connectivity index (χ4v) is 2.90. The zero-order chi connectivity index (χ0) is 15.3. The standard InChI is InChI=1S/C19H23BrO/c1-4-12-19(2,3)16-10-11-17(20)18(13-16)21-14-15-8-6-5-7-9-15/h5-11,13H,4,12,14H2,1-3H3. The first kappa shape index (κ1) is 16.1. The molecule has 0 aliphatic rings. The predicted octanol–water partition coefficient (Wildman–Crippen LogP) is 6.11. The number of rotatable bonds is 6. The van der Waals surface area contributed by atoms with Crippen LogP contribution in [0.2, 0.25) is 0 Å².